The summed E-state index contributed by atoms with van der Waals surface area (Å²) in [5, 5.41) is 10.3. The Kier molecular flexibility index (Phi) is 5.08. The molecule has 0 aliphatic rings. The van der Waals surface area contributed by atoms with Gasteiger partial charge in [0.15, 0.2) is 5.82 Å². The minimum absolute atomic E-state index is 0.111. The predicted molar refractivity (Wildman–Crippen MR) is 140 cm³/mol. The van der Waals surface area contributed by atoms with Crippen LogP contribution in [0.15, 0.2) is 109 Å². The van der Waals surface area contributed by atoms with Gasteiger partial charge in [0, 0.05) is 36.1 Å². The van der Waals surface area contributed by atoms with Crippen molar-refractivity contribution in [1.82, 2.24) is 19.5 Å². The Hall–Kier alpha value is -4.77. The highest BCUT2D eigenvalue weighted by atomic mass is 16.3. The van der Waals surface area contributed by atoms with Crippen molar-refractivity contribution < 1.29 is 5.11 Å². The second-order valence-corrected chi connectivity index (χ2v) is 8.42. The lowest BCUT2D eigenvalue weighted by Crippen LogP contribution is -1.94. The Bertz CT molecular complexity index is 1650. The smallest absolute Gasteiger partial charge is 0.163 e. The maximum atomic E-state index is 10.3. The Morgan fingerprint density at radius 2 is 1.49 bits per heavy atom. The first-order valence-corrected chi connectivity index (χ1v) is 11.4. The van der Waals surface area contributed by atoms with Crippen molar-refractivity contribution in [3.05, 3.63) is 109 Å². The highest BCUT2D eigenvalue weighted by Crippen LogP contribution is 2.34. The molecule has 6 rings (SSSR count). The number of para-hydroxylation sites is 1. The number of imidazole rings is 1. The molecule has 3 aromatic carbocycles. The molecule has 0 aliphatic carbocycles. The van der Waals surface area contributed by atoms with Gasteiger partial charge >= 0.3 is 0 Å². The van der Waals surface area contributed by atoms with E-state index in [4.69, 9.17) is 9.97 Å². The lowest BCUT2D eigenvalue weighted by Gasteiger charge is -2.08. The zero-order valence-electron chi connectivity index (χ0n) is 19.1. The fourth-order valence-electron chi connectivity index (χ4n) is 4.44. The molecular formula is C30H22N4O. The van der Waals surface area contributed by atoms with Crippen molar-refractivity contribution in [3.63, 3.8) is 0 Å². The molecule has 0 unspecified atom stereocenters. The van der Waals surface area contributed by atoms with Crippen molar-refractivity contribution in [2.75, 3.05) is 0 Å². The van der Waals surface area contributed by atoms with E-state index in [9.17, 15) is 5.11 Å². The Morgan fingerprint density at radius 3 is 2.29 bits per heavy atom. The van der Waals surface area contributed by atoms with Crippen LogP contribution in [0.3, 0.4) is 0 Å². The third kappa shape index (κ3) is 3.73. The number of aromatic nitrogens is 4. The van der Waals surface area contributed by atoms with Crippen molar-refractivity contribution in [2.24, 2.45) is 7.05 Å². The molecule has 0 spiro atoms. The van der Waals surface area contributed by atoms with Gasteiger partial charge in [-0.2, -0.15) is 0 Å². The van der Waals surface area contributed by atoms with Crippen LogP contribution in [0.25, 0.3) is 56.1 Å². The summed E-state index contributed by atoms with van der Waals surface area (Å²) in [6, 6.07) is 32.2. The molecule has 3 heterocycles. The van der Waals surface area contributed by atoms with Gasteiger partial charge < -0.3 is 9.67 Å². The Morgan fingerprint density at radius 1 is 0.686 bits per heavy atom. The molecule has 0 aliphatic heterocycles. The summed E-state index contributed by atoms with van der Waals surface area (Å²) < 4.78 is 1.97. The predicted octanol–water partition coefficient (Wildman–Crippen LogP) is 6.74. The van der Waals surface area contributed by atoms with E-state index < -0.39 is 0 Å². The number of benzene rings is 3. The third-order valence-electron chi connectivity index (χ3n) is 6.25. The summed E-state index contributed by atoms with van der Waals surface area (Å²) in [7, 11) is 1.94. The first-order chi connectivity index (χ1) is 17.2. The normalized spacial score (nSPS) is 11.1. The van der Waals surface area contributed by atoms with E-state index in [-0.39, 0.29) is 5.75 Å². The summed E-state index contributed by atoms with van der Waals surface area (Å²) in [5.74, 6) is 0.736. The fourth-order valence-corrected chi connectivity index (χ4v) is 4.44. The number of aromatic hydroxyl groups is 1. The summed E-state index contributed by atoms with van der Waals surface area (Å²) >= 11 is 0. The molecule has 35 heavy (non-hydrogen) atoms. The average molecular weight is 455 g/mol. The molecule has 0 bridgehead atoms. The molecule has 0 radical (unpaired) electrons. The number of nitrogens with zero attached hydrogens (tertiary/aromatic N) is 4. The second kappa shape index (κ2) is 8.54. The van der Waals surface area contributed by atoms with Crippen LogP contribution in [-0.2, 0) is 7.05 Å². The van der Waals surface area contributed by atoms with Gasteiger partial charge in [-0.1, -0.05) is 66.7 Å². The molecule has 5 heteroatoms. The van der Waals surface area contributed by atoms with Gasteiger partial charge in [0.05, 0.1) is 16.7 Å². The van der Waals surface area contributed by atoms with E-state index >= 15 is 0 Å². The highest BCUT2D eigenvalue weighted by Gasteiger charge is 2.17. The largest absolute Gasteiger partial charge is 0.506 e. The van der Waals surface area contributed by atoms with Crippen LogP contribution in [0, 0.1) is 0 Å². The number of aryl methyl sites for hydroxylation is 1. The van der Waals surface area contributed by atoms with Crippen molar-refractivity contribution in [3.8, 4) is 50.8 Å². The van der Waals surface area contributed by atoms with Crippen molar-refractivity contribution >= 4 is 11.0 Å². The minimum Gasteiger partial charge on any atom is -0.506 e. The third-order valence-corrected chi connectivity index (χ3v) is 6.25. The molecule has 0 saturated heterocycles. The number of hydrogen-bond donors (Lipinski definition) is 1. The van der Waals surface area contributed by atoms with Crippen LogP contribution in [0.2, 0.25) is 0 Å². The molecule has 3 aromatic heterocycles. The van der Waals surface area contributed by atoms with Crippen LogP contribution in [-0.4, -0.2) is 24.6 Å². The SMILES string of the molecule is Cn1c(-c2ncccc2O)nc2c(-c3cccc(-c4ccc(-c5ccccc5)cn4)c3)cccc21. The van der Waals surface area contributed by atoms with Gasteiger partial charge in [0.25, 0.3) is 0 Å². The van der Waals surface area contributed by atoms with E-state index in [2.05, 4.69) is 53.5 Å². The second-order valence-electron chi connectivity index (χ2n) is 8.42. The molecule has 1 N–H and O–H groups in total. The lowest BCUT2D eigenvalue weighted by molar-refractivity contribution is 0.474. The van der Waals surface area contributed by atoms with E-state index in [0.29, 0.717) is 11.5 Å². The first-order valence-electron chi connectivity index (χ1n) is 11.4. The maximum absolute atomic E-state index is 10.3. The van der Waals surface area contributed by atoms with Crippen molar-refractivity contribution in [2.45, 2.75) is 0 Å². The standard InChI is InChI=1S/C30H22N4O/c1-34-26-13-6-12-24(28(26)33-30(34)29-27(35)14-7-17-31-29)21-10-5-11-22(18-21)25-16-15-23(19-32-25)20-8-3-2-4-9-20/h2-19,35H,1H3. The van der Waals surface area contributed by atoms with Crippen molar-refractivity contribution in [1.29, 1.82) is 0 Å². The summed E-state index contributed by atoms with van der Waals surface area (Å²) in [6.07, 6.45) is 3.58. The van der Waals surface area contributed by atoms with Crippen LogP contribution in [0.5, 0.6) is 5.75 Å². The molecule has 0 amide bonds. The van der Waals surface area contributed by atoms with Gasteiger partial charge in [-0.15, -0.1) is 0 Å². The molecular weight excluding hydrogens is 432 g/mol. The zero-order valence-corrected chi connectivity index (χ0v) is 19.1. The topological polar surface area (TPSA) is 63.8 Å². The molecule has 0 atom stereocenters. The number of hydrogen-bond acceptors (Lipinski definition) is 4. The van der Waals surface area contributed by atoms with Gasteiger partial charge in [-0.25, -0.2) is 9.97 Å². The molecule has 0 fully saturated rings. The van der Waals surface area contributed by atoms with Crippen LogP contribution in [0.4, 0.5) is 0 Å². The molecule has 6 aromatic rings. The monoisotopic (exact) mass is 454 g/mol. The molecule has 168 valence electrons. The Labute approximate surface area is 203 Å². The number of fused-ring (bicyclic) bond motifs is 1. The quantitative estimate of drug-likeness (QED) is 0.320. The molecule has 0 saturated carbocycles. The lowest BCUT2D eigenvalue weighted by atomic mass is 10.00. The number of rotatable bonds is 4. The highest BCUT2D eigenvalue weighted by molar-refractivity contribution is 5.95. The van der Waals surface area contributed by atoms with Gasteiger partial charge in [0.2, 0.25) is 0 Å². The average Bonchev–Trinajstić information content (AvgIpc) is 3.26. The molecule has 5 nitrogen and oxygen atoms in total. The van der Waals surface area contributed by atoms with Crippen LogP contribution < -0.4 is 0 Å². The van der Waals surface area contributed by atoms with E-state index in [1.165, 1.54) is 0 Å². The van der Waals surface area contributed by atoms with E-state index in [1.54, 1.807) is 18.3 Å². The first kappa shape index (κ1) is 20.8. The fraction of sp³-hybridized carbons (Fsp3) is 0.0333. The van der Waals surface area contributed by atoms with Crippen LogP contribution >= 0.6 is 0 Å². The van der Waals surface area contributed by atoms with Gasteiger partial charge in [0.1, 0.15) is 11.4 Å². The Balaban J connectivity index is 1.41. The van der Waals surface area contributed by atoms with Gasteiger partial charge in [-0.3, -0.25) is 4.98 Å². The zero-order chi connectivity index (χ0) is 23.8. The summed E-state index contributed by atoms with van der Waals surface area (Å²) in [6.45, 7) is 0. The van der Waals surface area contributed by atoms with Crippen LogP contribution in [0.1, 0.15) is 0 Å². The summed E-state index contributed by atoms with van der Waals surface area (Å²) in [5.41, 5.74) is 8.56. The summed E-state index contributed by atoms with van der Waals surface area (Å²) in [4.78, 5) is 14.0. The van der Waals surface area contributed by atoms with Gasteiger partial charge in [-0.05, 0) is 41.5 Å². The maximum Gasteiger partial charge on any atom is 0.163 e. The number of pyridine rings is 2. The van der Waals surface area contributed by atoms with E-state index in [0.717, 1.165) is 44.5 Å². The minimum atomic E-state index is 0.111. The van der Waals surface area contributed by atoms with E-state index in [1.807, 2.05) is 54.2 Å².